The number of nitrogens with zero attached hydrogens (tertiary/aromatic N) is 3. The van der Waals surface area contributed by atoms with Gasteiger partial charge in [-0.05, 0) is 50.8 Å². The van der Waals surface area contributed by atoms with Crippen LogP contribution in [0.5, 0.6) is 0 Å². The average molecular weight is 373 g/mol. The highest BCUT2D eigenvalue weighted by molar-refractivity contribution is 5.92. The lowest BCUT2D eigenvalue weighted by Crippen LogP contribution is -2.53. The van der Waals surface area contributed by atoms with Gasteiger partial charge >= 0.3 is 0 Å². The molecule has 0 spiro atoms. The molecule has 0 radical (unpaired) electrons. The predicted octanol–water partition coefficient (Wildman–Crippen LogP) is 1.95. The maximum Gasteiger partial charge on any atom is 0.238 e. The summed E-state index contributed by atoms with van der Waals surface area (Å²) in [5, 5.41) is 2.97. The molecule has 2 fully saturated rings. The highest BCUT2D eigenvalue weighted by Crippen LogP contribution is 2.17. The normalized spacial score (nSPS) is 21.9. The number of carbonyl (C=O) groups is 2. The summed E-state index contributed by atoms with van der Waals surface area (Å²) in [5.41, 5.74) is 1.98. The number of likely N-dealkylation sites (tertiary alicyclic amines) is 1. The van der Waals surface area contributed by atoms with Gasteiger partial charge in [0.05, 0.1) is 13.1 Å². The smallest absolute Gasteiger partial charge is 0.238 e. The number of hydrogen-bond donors (Lipinski definition) is 1. The summed E-state index contributed by atoms with van der Waals surface area (Å²) in [6.45, 7) is 9.31. The van der Waals surface area contributed by atoms with Crippen molar-refractivity contribution in [3.05, 3.63) is 29.8 Å². The fourth-order valence-electron chi connectivity index (χ4n) is 3.98. The zero-order valence-electron chi connectivity index (χ0n) is 16.6. The topological polar surface area (TPSA) is 55.9 Å². The molecule has 0 bridgehead atoms. The van der Waals surface area contributed by atoms with Gasteiger partial charge in [0, 0.05) is 44.5 Å². The Bertz CT molecular complexity index is 655. The number of piperazine rings is 1. The fraction of sp³-hybridized carbons (Fsp3) is 0.619. The van der Waals surface area contributed by atoms with Crippen LogP contribution in [0.4, 0.5) is 5.69 Å². The summed E-state index contributed by atoms with van der Waals surface area (Å²) in [6, 6.07) is 8.22. The van der Waals surface area contributed by atoms with Crippen molar-refractivity contribution < 1.29 is 9.59 Å². The number of anilines is 1. The summed E-state index contributed by atoms with van der Waals surface area (Å²) < 4.78 is 0. The molecule has 2 aliphatic heterocycles. The van der Waals surface area contributed by atoms with Gasteiger partial charge in [0.25, 0.3) is 0 Å². The number of rotatable bonds is 5. The quantitative estimate of drug-likeness (QED) is 0.858. The van der Waals surface area contributed by atoms with Crippen LogP contribution in [-0.2, 0) is 9.59 Å². The van der Waals surface area contributed by atoms with Gasteiger partial charge in [-0.3, -0.25) is 19.4 Å². The van der Waals surface area contributed by atoms with Crippen molar-refractivity contribution in [3.8, 4) is 0 Å². The van der Waals surface area contributed by atoms with Gasteiger partial charge in [-0.25, -0.2) is 0 Å². The van der Waals surface area contributed by atoms with Crippen LogP contribution in [0.15, 0.2) is 24.3 Å². The minimum absolute atomic E-state index is 0.0206. The molecule has 2 aliphatic rings. The minimum Gasteiger partial charge on any atom is -0.339 e. The number of nitrogens with one attached hydrogen (secondary N) is 1. The van der Waals surface area contributed by atoms with Crippen molar-refractivity contribution in [2.75, 3.05) is 51.1 Å². The highest BCUT2D eigenvalue weighted by atomic mass is 16.2. The molecule has 0 saturated carbocycles. The van der Waals surface area contributed by atoms with Crippen LogP contribution in [0.1, 0.15) is 31.7 Å². The Labute approximate surface area is 162 Å². The first-order valence-electron chi connectivity index (χ1n) is 10.1. The van der Waals surface area contributed by atoms with Crippen molar-refractivity contribution in [2.24, 2.45) is 0 Å². The molecule has 1 atom stereocenters. The van der Waals surface area contributed by atoms with Gasteiger partial charge in [0.15, 0.2) is 0 Å². The van der Waals surface area contributed by atoms with Gasteiger partial charge in [-0.15, -0.1) is 0 Å². The van der Waals surface area contributed by atoms with Gasteiger partial charge in [-0.1, -0.05) is 12.1 Å². The van der Waals surface area contributed by atoms with Crippen LogP contribution < -0.4 is 5.32 Å². The summed E-state index contributed by atoms with van der Waals surface area (Å²) in [4.78, 5) is 31.3. The van der Waals surface area contributed by atoms with Gasteiger partial charge in [0.2, 0.25) is 11.8 Å². The fourth-order valence-corrected chi connectivity index (χ4v) is 3.98. The van der Waals surface area contributed by atoms with Crippen LogP contribution in [-0.4, -0.2) is 78.4 Å². The van der Waals surface area contributed by atoms with Gasteiger partial charge in [0.1, 0.15) is 0 Å². The zero-order valence-corrected chi connectivity index (χ0v) is 16.6. The molecular formula is C21H32N4O2. The summed E-state index contributed by atoms with van der Waals surface area (Å²) in [7, 11) is 0. The largest absolute Gasteiger partial charge is 0.339 e. The summed E-state index contributed by atoms with van der Waals surface area (Å²) >= 11 is 0. The number of benzene rings is 1. The zero-order chi connectivity index (χ0) is 19.2. The second kappa shape index (κ2) is 9.33. The third-order valence-electron chi connectivity index (χ3n) is 5.62. The third-order valence-corrected chi connectivity index (χ3v) is 5.62. The van der Waals surface area contributed by atoms with Crippen molar-refractivity contribution in [1.82, 2.24) is 14.7 Å². The van der Waals surface area contributed by atoms with E-state index in [2.05, 4.69) is 22.0 Å². The molecule has 6 heteroatoms. The van der Waals surface area contributed by atoms with Gasteiger partial charge < -0.3 is 10.2 Å². The molecular weight excluding hydrogens is 340 g/mol. The van der Waals surface area contributed by atoms with Crippen LogP contribution in [0.3, 0.4) is 0 Å². The number of hydrogen-bond acceptors (Lipinski definition) is 4. The molecule has 1 aromatic rings. The SMILES string of the molecule is Cc1cccc(NC(=O)CN2CCN(CC(=O)N3CCCC[C@@H]3C)CC2)c1. The first kappa shape index (κ1) is 19.8. The molecule has 27 heavy (non-hydrogen) atoms. The minimum atomic E-state index is 0.0206. The Morgan fingerprint density at radius 1 is 1.04 bits per heavy atom. The molecule has 0 aliphatic carbocycles. The molecule has 0 aromatic heterocycles. The third kappa shape index (κ3) is 5.78. The van der Waals surface area contributed by atoms with Crippen molar-refractivity contribution in [2.45, 2.75) is 39.2 Å². The molecule has 148 valence electrons. The number of aryl methyl sites for hydroxylation is 1. The summed E-state index contributed by atoms with van der Waals surface area (Å²) in [5.74, 6) is 0.278. The Morgan fingerprint density at radius 3 is 2.41 bits per heavy atom. The molecule has 1 N–H and O–H groups in total. The Kier molecular flexibility index (Phi) is 6.85. The lowest BCUT2D eigenvalue weighted by molar-refractivity contribution is -0.136. The predicted molar refractivity (Wildman–Crippen MR) is 108 cm³/mol. The van der Waals surface area contributed by atoms with Crippen LogP contribution in [0.25, 0.3) is 0 Å². The Morgan fingerprint density at radius 2 is 1.74 bits per heavy atom. The first-order chi connectivity index (χ1) is 13.0. The molecule has 3 rings (SSSR count). The average Bonchev–Trinajstić information content (AvgIpc) is 2.63. The number of carbonyl (C=O) groups excluding carboxylic acids is 2. The van der Waals surface area contributed by atoms with E-state index < -0.39 is 0 Å². The Hall–Kier alpha value is -1.92. The highest BCUT2D eigenvalue weighted by Gasteiger charge is 2.26. The molecule has 2 heterocycles. The standard InChI is InChI=1S/C21H32N4O2/c1-17-6-5-8-19(14-17)22-20(26)15-23-10-12-24(13-11-23)16-21(27)25-9-4-3-7-18(25)2/h5-6,8,14,18H,3-4,7,9-13,15-16H2,1-2H3,(H,22,26)/t18-/m0/s1. The first-order valence-corrected chi connectivity index (χ1v) is 10.1. The molecule has 1 aromatic carbocycles. The Balaban J connectivity index is 1.39. The van der Waals surface area contributed by atoms with E-state index in [1.165, 1.54) is 6.42 Å². The second-order valence-corrected chi connectivity index (χ2v) is 7.90. The van der Waals surface area contributed by atoms with Crippen molar-refractivity contribution >= 4 is 17.5 Å². The maximum absolute atomic E-state index is 12.6. The number of piperidine rings is 1. The van der Waals surface area contributed by atoms with E-state index in [-0.39, 0.29) is 11.8 Å². The molecule has 2 amide bonds. The van der Waals surface area contributed by atoms with E-state index in [1.807, 2.05) is 36.1 Å². The van der Waals surface area contributed by atoms with E-state index >= 15 is 0 Å². The second-order valence-electron chi connectivity index (χ2n) is 7.90. The van der Waals surface area contributed by atoms with Crippen LogP contribution in [0, 0.1) is 6.92 Å². The van der Waals surface area contributed by atoms with E-state index in [0.29, 0.717) is 19.1 Å². The molecule has 2 saturated heterocycles. The van der Waals surface area contributed by atoms with Gasteiger partial charge in [-0.2, -0.15) is 0 Å². The molecule has 6 nitrogen and oxygen atoms in total. The molecule has 0 unspecified atom stereocenters. The van der Waals surface area contributed by atoms with E-state index in [4.69, 9.17) is 0 Å². The van der Waals surface area contributed by atoms with Crippen LogP contribution in [0.2, 0.25) is 0 Å². The summed E-state index contributed by atoms with van der Waals surface area (Å²) in [6.07, 6.45) is 3.48. The van der Waals surface area contributed by atoms with E-state index in [1.54, 1.807) is 0 Å². The number of amides is 2. The maximum atomic E-state index is 12.6. The lowest BCUT2D eigenvalue weighted by atomic mass is 10.0. The van der Waals surface area contributed by atoms with Crippen molar-refractivity contribution in [3.63, 3.8) is 0 Å². The lowest BCUT2D eigenvalue weighted by Gasteiger charge is -2.37. The van der Waals surface area contributed by atoms with E-state index in [0.717, 1.165) is 56.8 Å². The van der Waals surface area contributed by atoms with E-state index in [9.17, 15) is 9.59 Å². The van der Waals surface area contributed by atoms with Crippen molar-refractivity contribution in [1.29, 1.82) is 0 Å². The van der Waals surface area contributed by atoms with Crippen LogP contribution >= 0.6 is 0 Å². The monoisotopic (exact) mass is 372 g/mol.